The molecule has 1 fully saturated rings. The number of nitrogens with one attached hydrogen (secondary N) is 1. The number of carbonyl (C=O) groups is 1. The first-order valence-electron chi connectivity index (χ1n) is 7.43. The van der Waals surface area contributed by atoms with Crippen molar-refractivity contribution in [3.8, 4) is 0 Å². The van der Waals surface area contributed by atoms with Gasteiger partial charge in [0.2, 0.25) is 0 Å². The maximum Gasteiger partial charge on any atom is 0.303 e. The molecule has 4 nitrogen and oxygen atoms in total. The second kappa shape index (κ2) is 9.50. The van der Waals surface area contributed by atoms with Crippen LogP contribution in [0.4, 0.5) is 0 Å². The lowest BCUT2D eigenvalue weighted by Crippen LogP contribution is -2.47. The van der Waals surface area contributed by atoms with E-state index in [1.807, 2.05) is 0 Å². The Balaban J connectivity index is 0.00000242. The van der Waals surface area contributed by atoms with Gasteiger partial charge < -0.3 is 15.2 Å². The zero-order valence-corrected chi connectivity index (χ0v) is 14.9. The van der Waals surface area contributed by atoms with Crippen LogP contribution in [0.5, 0.6) is 0 Å². The molecular weight excluding hydrogens is 370 g/mol. The van der Waals surface area contributed by atoms with Gasteiger partial charge in [0.1, 0.15) is 0 Å². The Labute approximate surface area is 146 Å². The number of aliphatic carboxylic acids is 1. The van der Waals surface area contributed by atoms with E-state index in [1.165, 1.54) is 5.56 Å². The van der Waals surface area contributed by atoms with Crippen molar-refractivity contribution < 1.29 is 14.6 Å². The van der Waals surface area contributed by atoms with Gasteiger partial charge in [0.25, 0.3) is 0 Å². The van der Waals surface area contributed by atoms with Crippen LogP contribution in [-0.4, -0.2) is 30.8 Å². The zero-order valence-electron chi connectivity index (χ0n) is 12.5. The number of hydrogen-bond donors (Lipinski definition) is 2. The fourth-order valence-electron chi connectivity index (χ4n) is 2.79. The molecule has 0 spiro atoms. The van der Waals surface area contributed by atoms with E-state index in [1.54, 1.807) is 0 Å². The third kappa shape index (κ3) is 5.54. The fraction of sp³-hybridized carbons (Fsp3) is 0.562. The Morgan fingerprint density at radius 3 is 2.45 bits per heavy atom. The average molecular weight is 393 g/mol. The average Bonchev–Trinajstić information content (AvgIpc) is 2.48. The molecular formula is C16H23BrClNO3. The van der Waals surface area contributed by atoms with Gasteiger partial charge in [0, 0.05) is 29.6 Å². The van der Waals surface area contributed by atoms with Gasteiger partial charge in [-0.25, -0.2) is 0 Å². The van der Waals surface area contributed by atoms with E-state index >= 15 is 0 Å². The molecule has 2 N–H and O–H groups in total. The van der Waals surface area contributed by atoms with Crippen LogP contribution in [-0.2, 0) is 15.1 Å². The van der Waals surface area contributed by atoms with Crippen LogP contribution in [0.15, 0.2) is 28.7 Å². The second-order valence-corrected chi connectivity index (χ2v) is 6.39. The summed E-state index contributed by atoms with van der Waals surface area (Å²) in [5.41, 5.74) is 1.24. The predicted molar refractivity (Wildman–Crippen MR) is 92.6 cm³/mol. The second-order valence-electron chi connectivity index (χ2n) is 5.48. The monoisotopic (exact) mass is 391 g/mol. The van der Waals surface area contributed by atoms with E-state index < -0.39 is 5.97 Å². The van der Waals surface area contributed by atoms with Crippen LogP contribution >= 0.6 is 28.3 Å². The van der Waals surface area contributed by atoms with Gasteiger partial charge in [-0.15, -0.1) is 12.4 Å². The molecule has 124 valence electrons. The van der Waals surface area contributed by atoms with Gasteiger partial charge in [-0.2, -0.15) is 0 Å². The highest BCUT2D eigenvalue weighted by atomic mass is 79.9. The molecule has 6 heteroatoms. The Hall–Kier alpha value is -0.620. The molecule has 0 unspecified atom stereocenters. The summed E-state index contributed by atoms with van der Waals surface area (Å²) >= 11 is 3.47. The molecule has 22 heavy (non-hydrogen) atoms. The molecule has 1 aliphatic heterocycles. The highest BCUT2D eigenvalue weighted by molar-refractivity contribution is 9.10. The molecule has 1 aromatic carbocycles. The van der Waals surface area contributed by atoms with Crippen molar-refractivity contribution in [2.24, 2.45) is 0 Å². The summed E-state index contributed by atoms with van der Waals surface area (Å²) in [4.78, 5) is 10.5. The Morgan fingerprint density at radius 1 is 1.23 bits per heavy atom. The lowest BCUT2D eigenvalue weighted by molar-refractivity contribution is -0.137. The quantitative estimate of drug-likeness (QED) is 0.694. The molecule has 0 amide bonds. The maximum absolute atomic E-state index is 10.5. The van der Waals surface area contributed by atoms with Crippen molar-refractivity contribution in [2.75, 3.05) is 19.8 Å². The van der Waals surface area contributed by atoms with Crippen LogP contribution in [0.1, 0.15) is 37.7 Å². The van der Waals surface area contributed by atoms with E-state index in [0.717, 1.165) is 49.9 Å². The predicted octanol–water partition coefficient (Wildman–Crippen LogP) is 3.72. The molecule has 0 aromatic heterocycles. The van der Waals surface area contributed by atoms with Crippen molar-refractivity contribution in [1.82, 2.24) is 5.32 Å². The van der Waals surface area contributed by atoms with E-state index in [2.05, 4.69) is 45.5 Å². The zero-order chi connectivity index (χ0) is 15.1. The summed E-state index contributed by atoms with van der Waals surface area (Å²) in [7, 11) is 0. The smallest absolute Gasteiger partial charge is 0.303 e. The SMILES string of the molecule is Cl.O=C(O)CCCCNC1(c2ccc(Br)cc2)CCOCC1. The molecule has 1 aliphatic rings. The Morgan fingerprint density at radius 2 is 1.86 bits per heavy atom. The number of carboxylic acids is 1. The molecule has 0 atom stereocenters. The van der Waals surface area contributed by atoms with Crippen molar-refractivity contribution >= 4 is 34.3 Å². The summed E-state index contributed by atoms with van der Waals surface area (Å²) < 4.78 is 6.58. The van der Waals surface area contributed by atoms with Crippen molar-refractivity contribution in [2.45, 2.75) is 37.6 Å². The Kier molecular flexibility index (Phi) is 8.39. The lowest BCUT2D eigenvalue weighted by Gasteiger charge is -2.39. The molecule has 1 saturated heterocycles. The van der Waals surface area contributed by atoms with Crippen LogP contribution in [0.3, 0.4) is 0 Å². The van der Waals surface area contributed by atoms with Gasteiger partial charge in [0.05, 0.1) is 0 Å². The van der Waals surface area contributed by atoms with Crippen LogP contribution < -0.4 is 5.32 Å². The highest BCUT2D eigenvalue weighted by Gasteiger charge is 2.33. The van der Waals surface area contributed by atoms with Crippen LogP contribution in [0.2, 0.25) is 0 Å². The van der Waals surface area contributed by atoms with Gasteiger partial charge >= 0.3 is 5.97 Å². The van der Waals surface area contributed by atoms with E-state index in [4.69, 9.17) is 9.84 Å². The Bertz CT molecular complexity index is 461. The third-order valence-electron chi connectivity index (χ3n) is 4.02. The first-order chi connectivity index (χ1) is 10.1. The minimum Gasteiger partial charge on any atom is -0.481 e. The fourth-order valence-corrected chi connectivity index (χ4v) is 3.05. The molecule has 1 aromatic rings. The molecule has 0 radical (unpaired) electrons. The number of hydrogen-bond acceptors (Lipinski definition) is 3. The summed E-state index contributed by atoms with van der Waals surface area (Å²) in [5.74, 6) is -0.719. The standard InChI is InChI=1S/C16H22BrNO3.ClH/c17-14-6-4-13(5-7-14)16(8-11-21-12-9-16)18-10-2-1-3-15(19)20;/h4-7,18H,1-3,8-12H2,(H,19,20);1H. The van der Waals surface area contributed by atoms with Gasteiger partial charge in [-0.3, -0.25) is 4.79 Å². The normalized spacial score (nSPS) is 16.8. The number of carboxylic acid groups (broad SMARTS) is 1. The van der Waals surface area contributed by atoms with E-state index in [9.17, 15) is 4.79 Å². The molecule has 2 rings (SSSR count). The number of ether oxygens (including phenoxy) is 1. The minimum atomic E-state index is -0.719. The number of unbranched alkanes of at least 4 members (excludes halogenated alkanes) is 1. The number of rotatable bonds is 7. The first-order valence-corrected chi connectivity index (χ1v) is 8.22. The van der Waals surface area contributed by atoms with Crippen molar-refractivity contribution in [3.05, 3.63) is 34.3 Å². The largest absolute Gasteiger partial charge is 0.481 e. The highest BCUT2D eigenvalue weighted by Crippen LogP contribution is 2.32. The lowest BCUT2D eigenvalue weighted by atomic mass is 9.82. The topological polar surface area (TPSA) is 58.6 Å². The maximum atomic E-state index is 10.5. The summed E-state index contributed by atoms with van der Waals surface area (Å²) in [6.45, 7) is 2.36. The summed E-state index contributed by atoms with van der Waals surface area (Å²) in [6, 6.07) is 8.44. The van der Waals surface area contributed by atoms with Gasteiger partial charge in [0.15, 0.2) is 0 Å². The molecule has 1 heterocycles. The van der Waals surface area contributed by atoms with E-state index in [0.29, 0.717) is 0 Å². The van der Waals surface area contributed by atoms with Crippen LogP contribution in [0.25, 0.3) is 0 Å². The minimum absolute atomic E-state index is 0. The van der Waals surface area contributed by atoms with Gasteiger partial charge in [-0.05, 0) is 49.9 Å². The van der Waals surface area contributed by atoms with Crippen molar-refractivity contribution in [1.29, 1.82) is 0 Å². The number of benzene rings is 1. The molecule has 0 saturated carbocycles. The van der Waals surface area contributed by atoms with E-state index in [-0.39, 0.29) is 24.4 Å². The van der Waals surface area contributed by atoms with Crippen molar-refractivity contribution in [3.63, 3.8) is 0 Å². The summed E-state index contributed by atoms with van der Waals surface area (Å²) in [6.07, 6.45) is 3.75. The number of halogens is 2. The van der Waals surface area contributed by atoms with Crippen LogP contribution in [0, 0.1) is 0 Å². The molecule has 0 aliphatic carbocycles. The molecule has 0 bridgehead atoms. The third-order valence-corrected chi connectivity index (χ3v) is 4.55. The first kappa shape index (κ1) is 19.4. The van der Waals surface area contributed by atoms with Gasteiger partial charge in [-0.1, -0.05) is 28.1 Å². The summed E-state index contributed by atoms with van der Waals surface area (Å²) in [5, 5.41) is 12.3.